The van der Waals surface area contributed by atoms with Crippen LogP contribution in [0.2, 0.25) is 0 Å². The Balaban J connectivity index is 1.89. The first-order valence-electron chi connectivity index (χ1n) is 5.68. The van der Waals surface area contributed by atoms with Gasteiger partial charge in [0.05, 0.1) is 15.3 Å². The van der Waals surface area contributed by atoms with E-state index in [1.807, 2.05) is 40.4 Å². The summed E-state index contributed by atoms with van der Waals surface area (Å²) in [6.45, 7) is 0. The van der Waals surface area contributed by atoms with Gasteiger partial charge in [-0.15, -0.1) is 11.8 Å². The molecule has 0 fully saturated rings. The molecule has 1 unspecified atom stereocenters. The van der Waals surface area contributed by atoms with E-state index >= 15 is 0 Å². The molecule has 1 heterocycles. The molecule has 1 aliphatic rings. The smallest absolute Gasteiger partial charge is 0.138 e. The number of hydrogen-bond donors (Lipinski definition) is 1. The lowest BCUT2D eigenvalue weighted by Crippen LogP contribution is -2.11. The summed E-state index contributed by atoms with van der Waals surface area (Å²) < 4.78 is 14.2. The van der Waals surface area contributed by atoms with Crippen LogP contribution in [-0.4, -0.2) is 5.75 Å². The highest BCUT2D eigenvalue weighted by molar-refractivity contribution is 14.1. The van der Waals surface area contributed by atoms with Crippen LogP contribution in [0, 0.1) is 9.39 Å². The van der Waals surface area contributed by atoms with Crippen molar-refractivity contribution < 1.29 is 4.39 Å². The molecule has 0 bridgehead atoms. The summed E-state index contributed by atoms with van der Waals surface area (Å²) in [5.74, 6) is 0.825. The van der Waals surface area contributed by atoms with Gasteiger partial charge in [0.1, 0.15) is 5.82 Å². The summed E-state index contributed by atoms with van der Waals surface area (Å²) >= 11 is 3.89. The van der Waals surface area contributed by atoms with Crippen molar-refractivity contribution in [2.24, 2.45) is 0 Å². The van der Waals surface area contributed by atoms with E-state index in [2.05, 4.69) is 29.6 Å². The van der Waals surface area contributed by atoms with E-state index in [9.17, 15) is 4.39 Å². The van der Waals surface area contributed by atoms with E-state index in [4.69, 9.17) is 0 Å². The Bertz CT molecular complexity index is 588. The third-order valence-corrected chi connectivity index (χ3v) is 5.26. The van der Waals surface area contributed by atoms with Crippen molar-refractivity contribution in [2.45, 2.75) is 10.9 Å². The zero-order valence-electron chi connectivity index (χ0n) is 9.49. The van der Waals surface area contributed by atoms with Crippen LogP contribution in [-0.2, 0) is 0 Å². The normalized spacial score (nSPS) is 17.6. The van der Waals surface area contributed by atoms with Gasteiger partial charge in [0.2, 0.25) is 0 Å². The van der Waals surface area contributed by atoms with Crippen LogP contribution in [0.15, 0.2) is 47.4 Å². The van der Waals surface area contributed by atoms with Crippen LogP contribution in [0.5, 0.6) is 0 Å². The predicted octanol–water partition coefficient (Wildman–Crippen LogP) is 4.69. The van der Waals surface area contributed by atoms with Crippen molar-refractivity contribution in [1.82, 2.24) is 0 Å². The van der Waals surface area contributed by atoms with Gasteiger partial charge in [-0.2, -0.15) is 0 Å². The van der Waals surface area contributed by atoms with Crippen LogP contribution in [0.25, 0.3) is 0 Å². The fourth-order valence-corrected chi connectivity index (χ4v) is 3.76. The zero-order valence-corrected chi connectivity index (χ0v) is 12.5. The molecule has 1 nitrogen and oxygen atoms in total. The Hall–Kier alpha value is -0.750. The Morgan fingerprint density at radius 3 is 2.89 bits per heavy atom. The summed E-state index contributed by atoms with van der Waals surface area (Å²) in [4.78, 5) is 1.32. The Morgan fingerprint density at radius 1 is 1.17 bits per heavy atom. The van der Waals surface area contributed by atoms with Crippen LogP contribution >= 0.6 is 34.4 Å². The molecule has 4 heteroatoms. The molecule has 1 N–H and O–H groups in total. The molecule has 1 aliphatic heterocycles. The van der Waals surface area contributed by atoms with E-state index in [1.165, 1.54) is 16.5 Å². The number of nitrogens with one attached hydrogen (secondary N) is 1. The van der Waals surface area contributed by atoms with E-state index in [0.717, 1.165) is 11.4 Å². The third kappa shape index (κ3) is 2.23. The molecule has 0 radical (unpaired) electrons. The minimum atomic E-state index is -0.167. The molecular formula is C14H11FINS. The second-order valence-corrected chi connectivity index (χ2v) is 6.29. The van der Waals surface area contributed by atoms with Gasteiger partial charge >= 0.3 is 0 Å². The number of benzene rings is 2. The van der Waals surface area contributed by atoms with E-state index in [1.54, 1.807) is 6.07 Å². The topological polar surface area (TPSA) is 12.0 Å². The second kappa shape index (κ2) is 5.09. The summed E-state index contributed by atoms with van der Waals surface area (Å²) in [6, 6.07) is 13.8. The Kier molecular flexibility index (Phi) is 3.48. The Labute approximate surface area is 123 Å². The molecule has 92 valence electrons. The van der Waals surface area contributed by atoms with Crippen molar-refractivity contribution in [3.8, 4) is 0 Å². The molecule has 2 aromatic rings. The fourth-order valence-electron chi connectivity index (χ4n) is 2.09. The van der Waals surface area contributed by atoms with E-state index < -0.39 is 0 Å². The zero-order chi connectivity index (χ0) is 12.5. The van der Waals surface area contributed by atoms with Crippen molar-refractivity contribution >= 4 is 40.0 Å². The maximum atomic E-state index is 13.5. The molecule has 0 saturated carbocycles. The first kappa shape index (κ1) is 12.3. The number of fused-ring (bicyclic) bond motifs is 1. The molecule has 0 saturated heterocycles. The maximum Gasteiger partial charge on any atom is 0.138 e. The number of thioether (sulfide) groups is 1. The fraction of sp³-hybridized carbons (Fsp3) is 0.143. The van der Waals surface area contributed by atoms with Gasteiger partial charge < -0.3 is 5.32 Å². The van der Waals surface area contributed by atoms with Gasteiger partial charge in [0.15, 0.2) is 0 Å². The number of anilines is 1. The molecule has 3 rings (SSSR count). The standard InChI is InChI=1S/C14H11FINS/c15-10-5-3-6-11(14(10)16)17-12-8-18-13-7-2-1-4-9(12)13/h1-7,12,17H,8H2. The van der Waals surface area contributed by atoms with Crippen molar-refractivity contribution in [2.75, 3.05) is 11.1 Å². The lowest BCUT2D eigenvalue weighted by molar-refractivity contribution is 0.620. The molecule has 1 atom stereocenters. The Morgan fingerprint density at radius 2 is 2.00 bits per heavy atom. The summed E-state index contributed by atoms with van der Waals surface area (Å²) in [6.07, 6.45) is 0. The molecule has 0 spiro atoms. The molecule has 2 aromatic carbocycles. The molecule has 0 aromatic heterocycles. The molecule has 18 heavy (non-hydrogen) atoms. The number of rotatable bonds is 2. The van der Waals surface area contributed by atoms with E-state index in [0.29, 0.717) is 3.57 Å². The van der Waals surface area contributed by atoms with Gasteiger partial charge in [0, 0.05) is 10.6 Å². The average molecular weight is 371 g/mol. The first-order valence-corrected chi connectivity index (χ1v) is 7.74. The van der Waals surface area contributed by atoms with Gasteiger partial charge in [-0.3, -0.25) is 0 Å². The minimum absolute atomic E-state index is 0.167. The quantitative estimate of drug-likeness (QED) is 0.769. The number of halogens is 2. The summed E-state index contributed by atoms with van der Waals surface area (Å²) in [5, 5.41) is 3.44. The molecule has 0 aliphatic carbocycles. The largest absolute Gasteiger partial charge is 0.376 e. The lowest BCUT2D eigenvalue weighted by Gasteiger charge is -2.16. The highest BCUT2D eigenvalue weighted by atomic mass is 127. The van der Waals surface area contributed by atoms with Crippen molar-refractivity contribution in [3.05, 3.63) is 57.4 Å². The van der Waals surface area contributed by atoms with Gasteiger partial charge in [-0.1, -0.05) is 24.3 Å². The number of hydrogen-bond acceptors (Lipinski definition) is 2. The van der Waals surface area contributed by atoms with E-state index in [-0.39, 0.29) is 11.9 Å². The maximum absolute atomic E-state index is 13.5. The average Bonchev–Trinajstić information content (AvgIpc) is 2.79. The van der Waals surface area contributed by atoms with Crippen molar-refractivity contribution in [1.29, 1.82) is 0 Å². The van der Waals surface area contributed by atoms with Crippen LogP contribution in [0.4, 0.5) is 10.1 Å². The van der Waals surface area contributed by atoms with Crippen LogP contribution < -0.4 is 5.32 Å². The molecule has 0 amide bonds. The summed E-state index contributed by atoms with van der Waals surface area (Å²) in [7, 11) is 0. The monoisotopic (exact) mass is 371 g/mol. The van der Waals surface area contributed by atoms with Gasteiger partial charge in [0.25, 0.3) is 0 Å². The van der Waals surface area contributed by atoms with Gasteiger partial charge in [-0.25, -0.2) is 4.39 Å². The predicted molar refractivity (Wildman–Crippen MR) is 82.6 cm³/mol. The molecular weight excluding hydrogens is 360 g/mol. The summed E-state index contributed by atoms with van der Waals surface area (Å²) in [5.41, 5.74) is 2.18. The second-order valence-electron chi connectivity index (χ2n) is 4.15. The highest BCUT2D eigenvalue weighted by Crippen LogP contribution is 2.40. The van der Waals surface area contributed by atoms with Crippen LogP contribution in [0.1, 0.15) is 11.6 Å². The minimum Gasteiger partial charge on any atom is -0.376 e. The van der Waals surface area contributed by atoms with Crippen LogP contribution in [0.3, 0.4) is 0 Å². The lowest BCUT2D eigenvalue weighted by atomic mass is 10.1. The first-order chi connectivity index (χ1) is 8.75. The van der Waals surface area contributed by atoms with Gasteiger partial charge in [-0.05, 0) is 46.4 Å². The van der Waals surface area contributed by atoms with Crippen molar-refractivity contribution in [3.63, 3.8) is 0 Å². The highest BCUT2D eigenvalue weighted by Gasteiger charge is 2.23. The SMILES string of the molecule is Fc1cccc(NC2CSc3ccccc32)c1I. The third-order valence-electron chi connectivity index (χ3n) is 2.98.